The number of methoxy groups -OCH3 is 1. The first kappa shape index (κ1) is 13.9. The highest BCUT2D eigenvalue weighted by molar-refractivity contribution is 6.09. The minimum Gasteiger partial charge on any atom is -0.497 e. The molecular weight excluding hydrogens is 262 g/mol. The Bertz CT molecular complexity index is 569. The van der Waals surface area contributed by atoms with Crippen molar-refractivity contribution in [1.82, 2.24) is 10.2 Å². The summed E-state index contributed by atoms with van der Waals surface area (Å²) in [5.41, 5.74) is 4.42. The van der Waals surface area contributed by atoms with Gasteiger partial charge in [0, 0.05) is 0 Å². The predicted octanol–water partition coefficient (Wildman–Crippen LogP) is -0.0525. The van der Waals surface area contributed by atoms with Crippen LogP contribution in [0, 0.1) is 0 Å². The molecule has 1 aromatic rings. The first-order valence-corrected chi connectivity index (χ1v) is 5.95. The van der Waals surface area contributed by atoms with Crippen molar-refractivity contribution in [2.75, 3.05) is 13.7 Å². The van der Waals surface area contributed by atoms with Crippen molar-refractivity contribution in [1.29, 1.82) is 0 Å². The Morgan fingerprint density at radius 1 is 1.35 bits per heavy atom. The topological polar surface area (TPSA) is 102 Å². The lowest BCUT2D eigenvalue weighted by molar-refractivity contribution is -0.134. The van der Waals surface area contributed by atoms with Crippen molar-refractivity contribution in [2.24, 2.45) is 5.73 Å². The molecule has 0 spiro atoms. The molecule has 1 heterocycles. The second kappa shape index (κ2) is 4.84. The zero-order chi connectivity index (χ0) is 14.9. The number of imide groups is 1. The van der Waals surface area contributed by atoms with Crippen LogP contribution < -0.4 is 15.8 Å². The van der Waals surface area contributed by atoms with E-state index in [0.717, 1.165) is 4.90 Å². The molecule has 0 radical (unpaired) electrons. The molecule has 1 aliphatic rings. The number of carbonyl (C=O) groups is 3. The molecule has 1 atom stereocenters. The van der Waals surface area contributed by atoms with E-state index in [9.17, 15) is 14.4 Å². The summed E-state index contributed by atoms with van der Waals surface area (Å²) < 4.78 is 5.04. The zero-order valence-corrected chi connectivity index (χ0v) is 11.2. The second-order valence-electron chi connectivity index (χ2n) is 4.64. The van der Waals surface area contributed by atoms with Gasteiger partial charge in [0.25, 0.3) is 5.91 Å². The number of hydrogen-bond donors (Lipinski definition) is 2. The van der Waals surface area contributed by atoms with Crippen LogP contribution in [0.2, 0.25) is 0 Å². The Hall–Kier alpha value is -2.57. The Balaban J connectivity index is 2.32. The van der Waals surface area contributed by atoms with Crippen molar-refractivity contribution in [3.8, 4) is 5.75 Å². The van der Waals surface area contributed by atoms with Gasteiger partial charge in [-0.2, -0.15) is 0 Å². The molecule has 1 aromatic carbocycles. The molecule has 0 saturated carbocycles. The minimum absolute atomic E-state index is 0.434. The molecule has 106 valence electrons. The number of amides is 4. The number of benzene rings is 1. The van der Waals surface area contributed by atoms with E-state index in [0.29, 0.717) is 11.3 Å². The molecule has 7 nitrogen and oxygen atoms in total. The fourth-order valence-corrected chi connectivity index (χ4v) is 2.12. The quantitative estimate of drug-likeness (QED) is 0.753. The number of ether oxygens (including phenoxy) is 1. The summed E-state index contributed by atoms with van der Waals surface area (Å²) in [5, 5.41) is 2.58. The number of nitrogens with two attached hydrogens (primary N) is 1. The van der Waals surface area contributed by atoms with Crippen molar-refractivity contribution in [3.05, 3.63) is 29.8 Å². The largest absolute Gasteiger partial charge is 0.497 e. The minimum atomic E-state index is -1.21. The van der Waals surface area contributed by atoms with E-state index < -0.39 is 29.9 Å². The molecule has 1 aliphatic heterocycles. The molecule has 0 bridgehead atoms. The molecule has 4 amide bonds. The number of urea groups is 1. The highest BCUT2D eigenvalue weighted by atomic mass is 16.5. The van der Waals surface area contributed by atoms with E-state index in [1.807, 2.05) is 0 Å². The van der Waals surface area contributed by atoms with Crippen LogP contribution in [-0.2, 0) is 15.1 Å². The smallest absolute Gasteiger partial charge is 0.325 e. The molecule has 0 aromatic heterocycles. The van der Waals surface area contributed by atoms with Crippen LogP contribution in [-0.4, -0.2) is 36.4 Å². The van der Waals surface area contributed by atoms with Crippen LogP contribution in [0.3, 0.4) is 0 Å². The van der Waals surface area contributed by atoms with Crippen molar-refractivity contribution in [2.45, 2.75) is 12.5 Å². The molecule has 1 fully saturated rings. The van der Waals surface area contributed by atoms with Gasteiger partial charge >= 0.3 is 6.03 Å². The summed E-state index contributed by atoms with van der Waals surface area (Å²) in [7, 11) is 1.54. The molecule has 3 N–H and O–H groups in total. The third kappa shape index (κ3) is 2.18. The maximum Gasteiger partial charge on any atom is 0.325 e. The second-order valence-corrected chi connectivity index (χ2v) is 4.64. The van der Waals surface area contributed by atoms with Gasteiger partial charge in [-0.25, -0.2) is 4.79 Å². The lowest BCUT2D eigenvalue weighted by Gasteiger charge is -2.22. The van der Waals surface area contributed by atoms with E-state index in [1.54, 1.807) is 31.2 Å². The number of rotatable bonds is 4. The van der Waals surface area contributed by atoms with Gasteiger partial charge in [0.05, 0.1) is 7.11 Å². The Morgan fingerprint density at radius 2 is 1.95 bits per heavy atom. The number of nitrogens with one attached hydrogen (secondary N) is 1. The van der Waals surface area contributed by atoms with Crippen LogP contribution in [0.25, 0.3) is 0 Å². The molecule has 0 aliphatic carbocycles. The van der Waals surface area contributed by atoms with Crippen LogP contribution >= 0.6 is 0 Å². The van der Waals surface area contributed by atoms with Crippen LogP contribution in [0.15, 0.2) is 24.3 Å². The average molecular weight is 277 g/mol. The number of hydrogen-bond acceptors (Lipinski definition) is 4. The van der Waals surface area contributed by atoms with E-state index in [4.69, 9.17) is 10.5 Å². The average Bonchev–Trinajstić information content (AvgIpc) is 2.63. The fourth-order valence-electron chi connectivity index (χ4n) is 2.12. The van der Waals surface area contributed by atoms with Crippen LogP contribution in [0.1, 0.15) is 12.5 Å². The van der Waals surface area contributed by atoms with Crippen molar-refractivity contribution >= 4 is 17.8 Å². The zero-order valence-electron chi connectivity index (χ0n) is 11.2. The summed E-state index contributed by atoms with van der Waals surface area (Å²) in [5.74, 6) is -0.609. The Morgan fingerprint density at radius 3 is 2.45 bits per heavy atom. The third-order valence-electron chi connectivity index (χ3n) is 3.26. The lowest BCUT2D eigenvalue weighted by Crippen LogP contribution is -2.42. The third-order valence-corrected chi connectivity index (χ3v) is 3.26. The molecular formula is C13H15N3O4. The fraction of sp³-hybridized carbons (Fsp3) is 0.308. The normalized spacial score (nSPS) is 21.8. The van der Waals surface area contributed by atoms with Gasteiger partial charge in [-0.15, -0.1) is 0 Å². The lowest BCUT2D eigenvalue weighted by atomic mass is 9.92. The van der Waals surface area contributed by atoms with Gasteiger partial charge in [-0.1, -0.05) is 12.1 Å². The van der Waals surface area contributed by atoms with Crippen LogP contribution in [0.5, 0.6) is 5.75 Å². The summed E-state index contributed by atoms with van der Waals surface area (Å²) in [4.78, 5) is 35.8. The summed E-state index contributed by atoms with van der Waals surface area (Å²) in [6.07, 6.45) is 0. The molecule has 1 saturated heterocycles. The van der Waals surface area contributed by atoms with Gasteiger partial charge in [0.2, 0.25) is 5.91 Å². The van der Waals surface area contributed by atoms with Gasteiger partial charge in [0.15, 0.2) is 0 Å². The number of nitrogens with zero attached hydrogens (tertiary/aromatic N) is 1. The van der Waals surface area contributed by atoms with Gasteiger partial charge in [0.1, 0.15) is 17.8 Å². The number of primary amides is 1. The summed E-state index contributed by atoms with van der Waals surface area (Å²) >= 11 is 0. The van der Waals surface area contributed by atoms with Gasteiger partial charge in [-0.3, -0.25) is 14.5 Å². The van der Waals surface area contributed by atoms with E-state index >= 15 is 0 Å². The van der Waals surface area contributed by atoms with Crippen molar-refractivity contribution < 1.29 is 19.1 Å². The monoisotopic (exact) mass is 277 g/mol. The first-order valence-electron chi connectivity index (χ1n) is 5.95. The highest BCUT2D eigenvalue weighted by Gasteiger charge is 2.49. The molecule has 0 unspecified atom stereocenters. The predicted molar refractivity (Wildman–Crippen MR) is 69.8 cm³/mol. The van der Waals surface area contributed by atoms with Gasteiger partial charge < -0.3 is 15.8 Å². The molecule has 7 heteroatoms. The van der Waals surface area contributed by atoms with E-state index in [-0.39, 0.29) is 0 Å². The van der Waals surface area contributed by atoms with E-state index in [1.165, 1.54) is 7.11 Å². The van der Waals surface area contributed by atoms with Crippen LogP contribution in [0.4, 0.5) is 4.79 Å². The maximum absolute atomic E-state index is 12.3. The van der Waals surface area contributed by atoms with Crippen molar-refractivity contribution in [3.63, 3.8) is 0 Å². The van der Waals surface area contributed by atoms with Gasteiger partial charge in [-0.05, 0) is 24.6 Å². The summed E-state index contributed by atoms with van der Waals surface area (Å²) in [6, 6.07) is 6.12. The molecule has 2 rings (SSSR count). The van der Waals surface area contributed by atoms with E-state index in [2.05, 4.69) is 5.32 Å². The molecule has 20 heavy (non-hydrogen) atoms. The Kier molecular flexibility index (Phi) is 3.35. The highest BCUT2D eigenvalue weighted by Crippen LogP contribution is 2.29. The first-order chi connectivity index (χ1) is 9.38. The summed E-state index contributed by atoms with van der Waals surface area (Å²) in [6.45, 7) is 1.15. The Labute approximate surface area is 115 Å². The standard InChI is InChI=1S/C13H15N3O4/c1-13(8-3-5-9(20-2)6-4-8)11(18)16(7-10(14)17)12(19)15-13/h3-6H,7H2,1-2H3,(H2,14,17)(H,15,19)/t13-/m0/s1. The SMILES string of the molecule is COc1ccc([C@]2(C)NC(=O)N(CC(N)=O)C2=O)cc1. The maximum atomic E-state index is 12.3. The number of carbonyl (C=O) groups excluding carboxylic acids is 3.